The summed E-state index contributed by atoms with van der Waals surface area (Å²) < 4.78 is 21.7. The van der Waals surface area contributed by atoms with Crippen molar-refractivity contribution in [3.8, 4) is 5.69 Å². The predicted molar refractivity (Wildman–Crippen MR) is 111 cm³/mol. The second-order valence-corrected chi connectivity index (χ2v) is 7.58. The number of aromatic nitrogens is 3. The highest BCUT2D eigenvalue weighted by Crippen LogP contribution is 2.39. The zero-order valence-electron chi connectivity index (χ0n) is 15.2. The molecule has 5 rings (SSSR count). The largest absolute Gasteiger partial charge is 0.378 e. The third-order valence-electron chi connectivity index (χ3n) is 5.02. The van der Waals surface area contributed by atoms with Gasteiger partial charge in [-0.15, -0.1) is 0 Å². The molecule has 7 nitrogen and oxygen atoms in total. The second-order valence-electron chi connectivity index (χ2n) is 6.77. The second kappa shape index (κ2) is 7.37. The van der Waals surface area contributed by atoms with Crippen LogP contribution in [0, 0.1) is 5.82 Å². The van der Waals surface area contributed by atoms with E-state index in [0.29, 0.717) is 40.3 Å². The van der Waals surface area contributed by atoms with Crippen molar-refractivity contribution in [1.29, 1.82) is 0 Å². The van der Waals surface area contributed by atoms with Crippen LogP contribution in [0.2, 0.25) is 10.0 Å². The van der Waals surface area contributed by atoms with E-state index in [0.717, 1.165) is 24.6 Å². The van der Waals surface area contributed by atoms with Gasteiger partial charge in [-0.05, 0) is 12.1 Å². The summed E-state index contributed by atoms with van der Waals surface area (Å²) in [6.45, 7) is 2.84. The van der Waals surface area contributed by atoms with E-state index in [4.69, 9.17) is 27.9 Å². The Bertz CT molecular complexity index is 1050. The zero-order chi connectivity index (χ0) is 20.0. The molecule has 0 amide bonds. The topological polar surface area (TPSA) is 67.2 Å². The van der Waals surface area contributed by atoms with Gasteiger partial charge in [-0.3, -0.25) is 0 Å². The molecule has 3 aromatic rings. The summed E-state index contributed by atoms with van der Waals surface area (Å²) in [5.41, 5.74) is 1.73. The summed E-state index contributed by atoms with van der Waals surface area (Å²) in [6, 6.07) is 6.52. The van der Waals surface area contributed by atoms with E-state index < -0.39 is 12.0 Å². The van der Waals surface area contributed by atoms with Crippen LogP contribution < -0.4 is 15.5 Å². The van der Waals surface area contributed by atoms with E-state index in [1.54, 1.807) is 29.2 Å². The van der Waals surface area contributed by atoms with Crippen molar-refractivity contribution >= 4 is 40.5 Å². The Kier molecular flexibility index (Phi) is 4.69. The minimum Gasteiger partial charge on any atom is -0.378 e. The monoisotopic (exact) mass is 434 g/mol. The number of anilines is 3. The highest BCUT2D eigenvalue weighted by Gasteiger charge is 2.28. The van der Waals surface area contributed by atoms with Gasteiger partial charge >= 0.3 is 0 Å². The molecule has 0 aliphatic carbocycles. The molecular weight excluding hydrogens is 418 g/mol. The first-order chi connectivity index (χ1) is 14.1. The number of benzene rings is 1. The zero-order valence-corrected chi connectivity index (χ0v) is 16.7. The van der Waals surface area contributed by atoms with Gasteiger partial charge in [0.05, 0.1) is 42.0 Å². The molecule has 2 N–H and O–H groups in total. The van der Waals surface area contributed by atoms with Crippen molar-refractivity contribution in [3.05, 3.63) is 58.1 Å². The van der Waals surface area contributed by atoms with E-state index in [1.807, 2.05) is 6.07 Å². The Morgan fingerprint density at radius 3 is 2.72 bits per heavy atom. The van der Waals surface area contributed by atoms with Gasteiger partial charge in [0.1, 0.15) is 22.8 Å². The van der Waals surface area contributed by atoms with Crippen LogP contribution in [0.25, 0.3) is 5.69 Å². The smallest absolute Gasteiger partial charge is 0.150 e. The van der Waals surface area contributed by atoms with Crippen LogP contribution >= 0.6 is 23.2 Å². The van der Waals surface area contributed by atoms with Gasteiger partial charge in [0.2, 0.25) is 0 Å². The molecule has 0 saturated carbocycles. The lowest BCUT2D eigenvalue weighted by molar-refractivity contribution is 0.122. The average molecular weight is 435 g/mol. The third-order valence-corrected chi connectivity index (χ3v) is 5.63. The predicted octanol–water partition coefficient (Wildman–Crippen LogP) is 4.09. The maximum absolute atomic E-state index is 14.6. The molecule has 0 bridgehead atoms. The first-order valence-electron chi connectivity index (χ1n) is 9.15. The molecule has 4 heterocycles. The number of nitrogens with one attached hydrogen (secondary N) is 2. The molecule has 1 atom stereocenters. The van der Waals surface area contributed by atoms with Gasteiger partial charge in [0.15, 0.2) is 5.82 Å². The fourth-order valence-corrected chi connectivity index (χ4v) is 4.04. The molecule has 2 aromatic heterocycles. The quantitative estimate of drug-likeness (QED) is 0.633. The van der Waals surface area contributed by atoms with E-state index in [1.165, 1.54) is 6.07 Å². The standard InChI is InChI=1S/C19H17Cl2FN6O/c20-11-2-1-3-13(22)17(11)18-25-14-10-23-16(27-4-6-29-7-5-27)8-15(14)28-19(26-18)12(21)9-24-28/h1-3,8-10,18,25-26H,4-7H2. The van der Waals surface area contributed by atoms with E-state index in [-0.39, 0.29) is 0 Å². The van der Waals surface area contributed by atoms with Gasteiger partial charge in [-0.1, -0.05) is 29.3 Å². The number of morpholine rings is 1. The number of hydrogen-bond acceptors (Lipinski definition) is 6. The van der Waals surface area contributed by atoms with E-state index in [9.17, 15) is 4.39 Å². The first-order valence-corrected chi connectivity index (χ1v) is 9.91. The Morgan fingerprint density at radius 2 is 1.93 bits per heavy atom. The molecule has 1 saturated heterocycles. The van der Waals surface area contributed by atoms with Crippen LogP contribution in [-0.4, -0.2) is 41.1 Å². The fourth-order valence-electron chi connectivity index (χ4n) is 3.59. The lowest BCUT2D eigenvalue weighted by atomic mass is 10.1. The number of rotatable bonds is 2. The van der Waals surface area contributed by atoms with E-state index >= 15 is 0 Å². The maximum Gasteiger partial charge on any atom is 0.150 e. The molecule has 0 radical (unpaired) electrons. The first kappa shape index (κ1) is 18.5. The molecule has 0 spiro atoms. The summed E-state index contributed by atoms with van der Waals surface area (Å²) in [5.74, 6) is 0.932. The van der Waals surface area contributed by atoms with Gasteiger partial charge in [-0.25, -0.2) is 14.1 Å². The summed E-state index contributed by atoms with van der Waals surface area (Å²) >= 11 is 12.7. The summed E-state index contributed by atoms with van der Waals surface area (Å²) in [4.78, 5) is 6.74. The average Bonchev–Trinajstić information content (AvgIpc) is 3.00. The number of hydrogen-bond donors (Lipinski definition) is 2. The van der Waals surface area contributed by atoms with Crippen molar-refractivity contribution < 1.29 is 9.13 Å². The minimum absolute atomic E-state index is 0.295. The summed E-state index contributed by atoms with van der Waals surface area (Å²) in [6.07, 6.45) is 2.61. The molecule has 1 unspecified atom stereocenters. The number of ether oxygens (including phenoxy) is 1. The normalized spacial score (nSPS) is 18.3. The summed E-state index contributed by atoms with van der Waals surface area (Å²) in [7, 11) is 0. The van der Waals surface area contributed by atoms with Crippen LogP contribution in [0.3, 0.4) is 0 Å². The molecule has 1 aromatic carbocycles. The maximum atomic E-state index is 14.6. The molecule has 2 aliphatic heterocycles. The number of fused-ring (bicyclic) bond motifs is 3. The van der Waals surface area contributed by atoms with Crippen LogP contribution in [0.4, 0.5) is 21.7 Å². The Hall–Kier alpha value is -2.55. The van der Waals surface area contributed by atoms with Gasteiger partial charge < -0.3 is 20.3 Å². The molecular formula is C19H17Cl2FN6O. The van der Waals surface area contributed by atoms with E-state index in [2.05, 4.69) is 25.6 Å². The lowest BCUT2D eigenvalue weighted by Crippen LogP contribution is -2.36. The van der Waals surface area contributed by atoms with Crippen molar-refractivity contribution in [1.82, 2.24) is 14.8 Å². The Balaban J connectivity index is 1.62. The lowest BCUT2D eigenvalue weighted by Gasteiger charge is -2.28. The van der Waals surface area contributed by atoms with Gasteiger partial charge in [0.25, 0.3) is 0 Å². The van der Waals surface area contributed by atoms with Crippen molar-refractivity contribution in [3.63, 3.8) is 0 Å². The highest BCUT2D eigenvalue weighted by atomic mass is 35.5. The highest BCUT2D eigenvalue weighted by molar-refractivity contribution is 6.33. The van der Waals surface area contributed by atoms with Crippen molar-refractivity contribution in [2.45, 2.75) is 6.17 Å². The van der Waals surface area contributed by atoms with Gasteiger partial charge in [0, 0.05) is 24.7 Å². The Labute approximate surface area is 176 Å². The van der Waals surface area contributed by atoms with Crippen LogP contribution in [-0.2, 0) is 4.74 Å². The molecule has 150 valence electrons. The third kappa shape index (κ3) is 3.27. The summed E-state index contributed by atoms with van der Waals surface area (Å²) in [5, 5.41) is 11.6. The molecule has 1 fully saturated rings. The molecule has 10 heteroatoms. The minimum atomic E-state index is -0.658. The van der Waals surface area contributed by atoms with Crippen molar-refractivity contribution in [2.24, 2.45) is 0 Å². The molecule has 29 heavy (non-hydrogen) atoms. The number of nitrogens with zero attached hydrogens (tertiary/aromatic N) is 4. The van der Waals surface area contributed by atoms with Gasteiger partial charge in [-0.2, -0.15) is 5.10 Å². The van der Waals surface area contributed by atoms with Crippen LogP contribution in [0.5, 0.6) is 0 Å². The van der Waals surface area contributed by atoms with Crippen LogP contribution in [0.15, 0.2) is 36.7 Å². The fraction of sp³-hybridized carbons (Fsp3) is 0.263. The Morgan fingerprint density at radius 1 is 1.10 bits per heavy atom. The molecule has 2 aliphatic rings. The number of pyridine rings is 1. The SMILES string of the molecule is Fc1cccc(Cl)c1C1Nc2cnc(N3CCOCC3)cc2-n2ncc(Cl)c2N1. The van der Waals surface area contributed by atoms with Crippen molar-refractivity contribution in [2.75, 3.05) is 41.8 Å². The van der Waals surface area contributed by atoms with Crippen LogP contribution in [0.1, 0.15) is 11.7 Å². The number of halogens is 3.